The van der Waals surface area contributed by atoms with Crippen LogP contribution in [0, 0.1) is 0 Å². The summed E-state index contributed by atoms with van der Waals surface area (Å²) < 4.78 is 0. The first-order valence-electron chi connectivity index (χ1n) is 8.54. The van der Waals surface area contributed by atoms with Crippen molar-refractivity contribution in [3.63, 3.8) is 0 Å². The minimum absolute atomic E-state index is 0. The second-order valence-electron chi connectivity index (χ2n) is 5.93. The van der Waals surface area contributed by atoms with Crippen molar-refractivity contribution < 1.29 is 0 Å². The summed E-state index contributed by atoms with van der Waals surface area (Å²) >= 11 is 8.06. The van der Waals surface area contributed by atoms with Crippen LogP contribution in [0.4, 0.5) is 11.4 Å². The second-order valence-corrected chi connectivity index (χ2v) is 7.45. The third-order valence-corrected chi connectivity index (χ3v) is 5.50. The molecule has 0 saturated carbocycles. The molecule has 2 aromatic carbocycles. The van der Waals surface area contributed by atoms with Crippen molar-refractivity contribution in [1.29, 1.82) is 0 Å². The first kappa shape index (κ1) is 23.4. The first-order chi connectivity index (χ1) is 11.8. The van der Waals surface area contributed by atoms with E-state index in [0.29, 0.717) is 0 Å². The molecule has 0 aliphatic carbocycles. The van der Waals surface area contributed by atoms with Crippen molar-refractivity contribution in [1.82, 2.24) is 5.32 Å². The van der Waals surface area contributed by atoms with Gasteiger partial charge in [-0.2, -0.15) is 0 Å². The van der Waals surface area contributed by atoms with Crippen molar-refractivity contribution in [3.05, 3.63) is 47.5 Å². The highest BCUT2D eigenvalue weighted by Crippen LogP contribution is 2.48. The molecule has 1 aliphatic rings. The van der Waals surface area contributed by atoms with E-state index < -0.39 is 0 Å². The highest BCUT2D eigenvalue weighted by molar-refractivity contribution is 7.99. The van der Waals surface area contributed by atoms with Gasteiger partial charge in [-0.25, -0.2) is 0 Å². The molecular weight excluding hydrogens is 409 g/mol. The van der Waals surface area contributed by atoms with Crippen molar-refractivity contribution in [3.8, 4) is 0 Å². The zero-order chi connectivity index (χ0) is 16.8. The van der Waals surface area contributed by atoms with Crippen LogP contribution in [0.3, 0.4) is 0 Å². The second kappa shape index (κ2) is 12.0. The normalized spacial score (nSPS) is 11.8. The number of unbranched alkanes of at least 4 members (excludes halogenated alkanes) is 1. The zero-order valence-electron chi connectivity index (χ0n) is 14.6. The lowest BCUT2D eigenvalue weighted by Crippen LogP contribution is -2.26. The van der Waals surface area contributed by atoms with Gasteiger partial charge in [0.25, 0.3) is 0 Å². The fraction of sp³-hybridized carbons (Fsp3) is 0.368. The van der Waals surface area contributed by atoms with Crippen LogP contribution in [-0.4, -0.2) is 26.2 Å². The number of fused-ring (bicyclic) bond motifs is 2. The number of rotatable bonds is 8. The Hall–Kier alpha value is -0.620. The molecule has 3 nitrogen and oxygen atoms in total. The molecule has 1 aliphatic heterocycles. The van der Waals surface area contributed by atoms with Gasteiger partial charge in [-0.1, -0.05) is 35.5 Å². The van der Waals surface area contributed by atoms with Gasteiger partial charge in [0.1, 0.15) is 0 Å². The fourth-order valence-corrected chi connectivity index (χ4v) is 4.17. The summed E-state index contributed by atoms with van der Waals surface area (Å²) in [6, 6.07) is 14.8. The molecule has 0 saturated heterocycles. The third kappa shape index (κ3) is 5.95. The van der Waals surface area contributed by atoms with Gasteiger partial charge in [-0.05, 0) is 69.2 Å². The molecule has 0 fully saturated rings. The van der Waals surface area contributed by atoms with Gasteiger partial charge >= 0.3 is 0 Å². The molecule has 0 aromatic heterocycles. The molecule has 26 heavy (non-hydrogen) atoms. The fourth-order valence-electron chi connectivity index (χ4n) is 2.92. The van der Waals surface area contributed by atoms with E-state index in [1.54, 1.807) is 0 Å². The van der Waals surface area contributed by atoms with Crippen LogP contribution in [0.2, 0.25) is 5.02 Å². The zero-order valence-corrected chi connectivity index (χ0v) is 17.8. The Morgan fingerprint density at radius 1 is 0.923 bits per heavy atom. The van der Waals surface area contributed by atoms with E-state index in [-0.39, 0.29) is 24.8 Å². The number of hydrogen-bond donors (Lipinski definition) is 2. The van der Waals surface area contributed by atoms with E-state index in [2.05, 4.69) is 46.6 Å². The summed E-state index contributed by atoms with van der Waals surface area (Å²) in [6.45, 7) is 3.83. The molecule has 7 heteroatoms. The van der Waals surface area contributed by atoms with Crippen molar-refractivity contribution >= 4 is 59.6 Å². The lowest BCUT2D eigenvalue weighted by atomic mass is 10.2. The lowest BCUT2D eigenvalue weighted by molar-refractivity contribution is 0.608. The highest BCUT2D eigenvalue weighted by atomic mass is 35.5. The van der Waals surface area contributed by atoms with E-state index in [1.165, 1.54) is 21.2 Å². The number of hydrogen-bond acceptors (Lipinski definition) is 4. The van der Waals surface area contributed by atoms with Crippen LogP contribution in [-0.2, 0) is 0 Å². The highest BCUT2D eigenvalue weighted by Gasteiger charge is 2.22. The van der Waals surface area contributed by atoms with E-state index in [9.17, 15) is 0 Å². The Morgan fingerprint density at radius 3 is 2.46 bits per heavy atom. The van der Waals surface area contributed by atoms with Gasteiger partial charge in [0.15, 0.2) is 0 Å². The molecule has 0 radical (unpaired) electrons. The average Bonchev–Trinajstić information content (AvgIpc) is 2.60. The van der Waals surface area contributed by atoms with Gasteiger partial charge in [0, 0.05) is 21.4 Å². The van der Waals surface area contributed by atoms with Crippen LogP contribution in [0.1, 0.15) is 19.3 Å². The predicted octanol–water partition coefficient (Wildman–Crippen LogP) is 5.50. The number of nitrogens with two attached hydrogens (primary N) is 1. The van der Waals surface area contributed by atoms with E-state index in [0.717, 1.165) is 50.5 Å². The van der Waals surface area contributed by atoms with Crippen LogP contribution >= 0.6 is 48.2 Å². The Labute approximate surface area is 177 Å². The minimum atomic E-state index is 0. The number of nitrogens with zero attached hydrogens (tertiary/aromatic N) is 1. The van der Waals surface area contributed by atoms with Crippen molar-refractivity contribution in [2.75, 3.05) is 31.1 Å². The Balaban J connectivity index is 0.00000169. The molecule has 1 heterocycles. The maximum Gasteiger partial charge on any atom is 0.0567 e. The summed E-state index contributed by atoms with van der Waals surface area (Å²) in [5.74, 6) is 0. The summed E-state index contributed by atoms with van der Waals surface area (Å²) in [5, 5.41) is 4.30. The number of halogens is 3. The standard InChI is InChI=1S/C19H24ClN3S.2ClH/c20-15-8-9-19-17(14-15)23(13-5-12-22-11-4-3-10-21)16-6-1-2-7-18(16)24-19;;/h1-2,6-9,14,22H,3-5,10-13,21H2;2*1H. The summed E-state index contributed by atoms with van der Waals surface area (Å²) in [5.41, 5.74) is 8.02. The molecule has 144 valence electrons. The summed E-state index contributed by atoms with van der Waals surface area (Å²) in [4.78, 5) is 4.98. The number of para-hydroxylation sites is 1. The molecule has 0 bridgehead atoms. The van der Waals surface area contributed by atoms with E-state index >= 15 is 0 Å². The quantitative estimate of drug-likeness (QED) is 0.538. The van der Waals surface area contributed by atoms with Crippen molar-refractivity contribution in [2.24, 2.45) is 5.73 Å². The summed E-state index contributed by atoms with van der Waals surface area (Å²) in [7, 11) is 0. The Kier molecular flexibility index (Phi) is 10.8. The SMILES string of the molecule is Cl.Cl.NCCCCNCCCN1c2ccccc2Sc2ccc(Cl)cc21. The molecule has 2 aromatic rings. The molecule has 0 spiro atoms. The smallest absolute Gasteiger partial charge is 0.0567 e. The first-order valence-corrected chi connectivity index (χ1v) is 9.74. The Morgan fingerprint density at radius 2 is 1.65 bits per heavy atom. The largest absolute Gasteiger partial charge is 0.340 e. The monoisotopic (exact) mass is 433 g/mol. The number of anilines is 2. The topological polar surface area (TPSA) is 41.3 Å². The van der Waals surface area contributed by atoms with Gasteiger partial charge in [0.05, 0.1) is 11.4 Å². The van der Waals surface area contributed by atoms with Gasteiger partial charge in [-0.3, -0.25) is 0 Å². The Bertz CT molecular complexity index is 685. The molecule has 3 N–H and O–H groups in total. The van der Waals surface area contributed by atoms with Gasteiger partial charge < -0.3 is 16.0 Å². The lowest BCUT2D eigenvalue weighted by Gasteiger charge is -2.33. The average molecular weight is 435 g/mol. The van der Waals surface area contributed by atoms with Crippen LogP contribution in [0.15, 0.2) is 52.3 Å². The molecule has 0 atom stereocenters. The molecular formula is C19H26Cl3N3S. The maximum absolute atomic E-state index is 6.24. The van der Waals surface area contributed by atoms with Gasteiger partial charge in [-0.15, -0.1) is 24.8 Å². The van der Waals surface area contributed by atoms with E-state index in [1.807, 2.05) is 17.8 Å². The van der Waals surface area contributed by atoms with Crippen LogP contribution < -0.4 is 16.0 Å². The summed E-state index contributed by atoms with van der Waals surface area (Å²) in [6.07, 6.45) is 3.33. The van der Waals surface area contributed by atoms with Crippen molar-refractivity contribution in [2.45, 2.75) is 29.1 Å². The number of benzene rings is 2. The predicted molar refractivity (Wildman–Crippen MR) is 119 cm³/mol. The van der Waals surface area contributed by atoms with E-state index in [4.69, 9.17) is 17.3 Å². The maximum atomic E-state index is 6.24. The number of nitrogens with one attached hydrogen (secondary N) is 1. The minimum Gasteiger partial charge on any atom is -0.340 e. The molecule has 0 amide bonds. The van der Waals surface area contributed by atoms with Gasteiger partial charge in [0.2, 0.25) is 0 Å². The third-order valence-electron chi connectivity index (χ3n) is 4.13. The molecule has 3 rings (SSSR count). The molecule has 0 unspecified atom stereocenters. The van der Waals surface area contributed by atoms with Crippen LogP contribution in [0.25, 0.3) is 0 Å². The van der Waals surface area contributed by atoms with Crippen LogP contribution in [0.5, 0.6) is 0 Å².